The van der Waals surface area contributed by atoms with Gasteiger partial charge in [0.1, 0.15) is 5.75 Å². The molecule has 8 heteroatoms. The Morgan fingerprint density at radius 2 is 1.05 bits per heavy atom. The summed E-state index contributed by atoms with van der Waals surface area (Å²) >= 11 is 0. The SMILES string of the molecule is CCN(CC)Oc1ccc(C)c(C(c2ccc(N(CCO)CCO)cc2)c2ccc(N(CCO)CCO)cc2)c1. The first-order chi connectivity index (χ1) is 19.5. The third-order valence-corrected chi connectivity index (χ3v) is 7.16. The molecule has 3 rings (SSSR count). The number of hydroxylamine groups is 2. The number of nitrogens with zero attached hydrogens (tertiary/aromatic N) is 3. The highest BCUT2D eigenvalue weighted by molar-refractivity contribution is 5.56. The van der Waals surface area contributed by atoms with Crippen LogP contribution in [0.25, 0.3) is 0 Å². The topological polar surface area (TPSA) is 99.9 Å². The zero-order valence-corrected chi connectivity index (χ0v) is 24.0. The number of benzene rings is 3. The molecule has 0 spiro atoms. The van der Waals surface area contributed by atoms with Gasteiger partial charge in [-0.25, -0.2) is 0 Å². The van der Waals surface area contributed by atoms with Crippen LogP contribution in [-0.2, 0) is 0 Å². The third-order valence-electron chi connectivity index (χ3n) is 7.16. The van der Waals surface area contributed by atoms with Crippen LogP contribution in [0.5, 0.6) is 5.75 Å². The van der Waals surface area contributed by atoms with Crippen molar-refractivity contribution in [3.63, 3.8) is 0 Å². The van der Waals surface area contributed by atoms with Gasteiger partial charge < -0.3 is 35.1 Å². The van der Waals surface area contributed by atoms with Crippen LogP contribution in [0.2, 0.25) is 0 Å². The number of aliphatic hydroxyl groups is 4. The lowest BCUT2D eigenvalue weighted by molar-refractivity contribution is -0.0487. The molecule has 0 bridgehead atoms. The van der Waals surface area contributed by atoms with Gasteiger partial charge in [-0.2, -0.15) is 0 Å². The second-order valence-electron chi connectivity index (χ2n) is 9.71. The summed E-state index contributed by atoms with van der Waals surface area (Å²) in [6.07, 6.45) is 0. The third kappa shape index (κ3) is 8.19. The van der Waals surface area contributed by atoms with E-state index in [2.05, 4.69) is 57.2 Å². The average molecular weight is 552 g/mol. The first-order valence-corrected chi connectivity index (χ1v) is 14.2. The van der Waals surface area contributed by atoms with E-state index in [9.17, 15) is 20.4 Å². The quantitative estimate of drug-likeness (QED) is 0.150. The highest BCUT2D eigenvalue weighted by Crippen LogP contribution is 2.37. The van der Waals surface area contributed by atoms with Crippen molar-refractivity contribution < 1.29 is 25.3 Å². The Labute approximate surface area is 238 Å². The van der Waals surface area contributed by atoms with E-state index >= 15 is 0 Å². The minimum absolute atomic E-state index is 0.0127. The molecule has 0 amide bonds. The van der Waals surface area contributed by atoms with Crippen molar-refractivity contribution in [1.82, 2.24) is 5.06 Å². The van der Waals surface area contributed by atoms with Gasteiger partial charge >= 0.3 is 0 Å². The van der Waals surface area contributed by atoms with Crippen LogP contribution in [0.15, 0.2) is 66.7 Å². The fourth-order valence-electron chi connectivity index (χ4n) is 5.02. The molecule has 0 aromatic heterocycles. The predicted molar refractivity (Wildman–Crippen MR) is 161 cm³/mol. The molecule has 4 N–H and O–H groups in total. The van der Waals surface area contributed by atoms with Crippen molar-refractivity contribution in [1.29, 1.82) is 0 Å². The number of anilines is 2. The lowest BCUT2D eigenvalue weighted by Gasteiger charge is -2.27. The van der Waals surface area contributed by atoms with E-state index in [-0.39, 0.29) is 32.3 Å². The highest BCUT2D eigenvalue weighted by Gasteiger charge is 2.21. The number of aryl methyl sites for hydroxylation is 1. The van der Waals surface area contributed by atoms with Crippen molar-refractivity contribution >= 4 is 11.4 Å². The van der Waals surface area contributed by atoms with Gasteiger partial charge in [-0.1, -0.05) is 30.3 Å². The number of rotatable bonds is 17. The van der Waals surface area contributed by atoms with E-state index in [1.807, 2.05) is 45.2 Å². The summed E-state index contributed by atoms with van der Waals surface area (Å²) in [6.45, 7) is 9.66. The Balaban J connectivity index is 2.07. The smallest absolute Gasteiger partial charge is 0.147 e. The maximum Gasteiger partial charge on any atom is 0.147 e. The van der Waals surface area contributed by atoms with E-state index in [1.165, 1.54) is 0 Å². The Morgan fingerprint density at radius 3 is 1.43 bits per heavy atom. The fraction of sp³-hybridized carbons (Fsp3) is 0.438. The van der Waals surface area contributed by atoms with Gasteiger partial charge in [-0.3, -0.25) is 0 Å². The molecule has 0 fully saturated rings. The van der Waals surface area contributed by atoms with Crippen molar-refractivity contribution in [2.75, 3.05) is 75.5 Å². The minimum Gasteiger partial charge on any atom is -0.406 e. The largest absolute Gasteiger partial charge is 0.406 e. The first kappa shape index (κ1) is 31.4. The molecule has 0 saturated carbocycles. The van der Waals surface area contributed by atoms with Crippen molar-refractivity contribution in [3.05, 3.63) is 89.0 Å². The van der Waals surface area contributed by atoms with Crippen LogP contribution >= 0.6 is 0 Å². The van der Waals surface area contributed by atoms with Gasteiger partial charge in [0.25, 0.3) is 0 Å². The molecule has 0 atom stereocenters. The van der Waals surface area contributed by atoms with E-state index in [1.54, 1.807) is 0 Å². The standard InChI is InChI=1S/C32H45N3O5/c1-4-35(5-2)40-30-15-6-25(3)31(24-30)32(26-7-11-28(12-8-26)33(16-20-36)17-21-37)27-9-13-29(14-10-27)34(18-22-38)19-23-39/h6-15,24,32,36-39H,4-5,16-23H2,1-3H3. The lowest BCUT2D eigenvalue weighted by atomic mass is 9.83. The van der Waals surface area contributed by atoms with Crippen LogP contribution in [-0.4, -0.2) is 91.2 Å². The Hall–Kier alpha value is -3.14. The normalized spacial score (nSPS) is 11.3. The molecule has 0 saturated heterocycles. The Kier molecular flexibility index (Phi) is 12.7. The second kappa shape index (κ2) is 16.2. The molecule has 0 aliphatic carbocycles. The van der Waals surface area contributed by atoms with Crippen LogP contribution in [0.4, 0.5) is 11.4 Å². The van der Waals surface area contributed by atoms with Crippen molar-refractivity contribution in [2.45, 2.75) is 26.7 Å². The van der Waals surface area contributed by atoms with Gasteiger partial charge in [0, 0.05) is 56.6 Å². The van der Waals surface area contributed by atoms with Crippen LogP contribution in [0.1, 0.15) is 42.0 Å². The molecule has 8 nitrogen and oxygen atoms in total. The van der Waals surface area contributed by atoms with Crippen LogP contribution in [0.3, 0.4) is 0 Å². The summed E-state index contributed by atoms with van der Waals surface area (Å²) in [6, 6.07) is 22.8. The zero-order valence-electron chi connectivity index (χ0n) is 24.0. The maximum atomic E-state index is 9.48. The van der Waals surface area contributed by atoms with Gasteiger partial charge in [-0.05, 0) is 79.4 Å². The summed E-state index contributed by atoms with van der Waals surface area (Å²) < 4.78 is 0. The second-order valence-corrected chi connectivity index (χ2v) is 9.71. The molecule has 0 heterocycles. The average Bonchev–Trinajstić information content (AvgIpc) is 2.98. The van der Waals surface area contributed by atoms with E-state index in [0.29, 0.717) is 26.2 Å². The predicted octanol–water partition coefficient (Wildman–Crippen LogP) is 3.39. The summed E-state index contributed by atoms with van der Waals surface area (Å²) in [5.41, 5.74) is 6.38. The number of aliphatic hydroxyl groups excluding tert-OH is 4. The van der Waals surface area contributed by atoms with Gasteiger partial charge in [-0.15, -0.1) is 5.06 Å². The maximum absolute atomic E-state index is 9.48. The number of hydrogen-bond donors (Lipinski definition) is 4. The summed E-state index contributed by atoms with van der Waals surface area (Å²) in [5.74, 6) is 0.716. The van der Waals surface area contributed by atoms with Gasteiger partial charge in [0.2, 0.25) is 0 Å². The van der Waals surface area contributed by atoms with E-state index < -0.39 is 0 Å². The van der Waals surface area contributed by atoms with E-state index in [0.717, 1.165) is 52.5 Å². The minimum atomic E-state index is -0.0726. The first-order valence-electron chi connectivity index (χ1n) is 14.2. The molecule has 0 aliphatic rings. The van der Waals surface area contributed by atoms with Gasteiger partial charge in [0.05, 0.1) is 26.4 Å². The highest BCUT2D eigenvalue weighted by atomic mass is 16.7. The molecule has 0 aliphatic heterocycles. The Morgan fingerprint density at radius 1 is 0.625 bits per heavy atom. The molecular weight excluding hydrogens is 506 g/mol. The molecule has 3 aromatic rings. The molecule has 0 unspecified atom stereocenters. The fourth-order valence-corrected chi connectivity index (χ4v) is 5.02. The lowest BCUT2D eigenvalue weighted by Crippen LogP contribution is -2.29. The monoisotopic (exact) mass is 551 g/mol. The van der Waals surface area contributed by atoms with Gasteiger partial charge in [0.15, 0.2) is 0 Å². The molecule has 3 aromatic carbocycles. The van der Waals surface area contributed by atoms with Crippen molar-refractivity contribution in [2.24, 2.45) is 0 Å². The number of hydrogen-bond acceptors (Lipinski definition) is 8. The van der Waals surface area contributed by atoms with Crippen LogP contribution in [0, 0.1) is 6.92 Å². The summed E-state index contributed by atoms with van der Waals surface area (Å²) in [4.78, 5) is 10.1. The summed E-state index contributed by atoms with van der Waals surface area (Å²) in [5, 5.41) is 39.8. The Bertz CT molecular complexity index is 1060. The molecule has 218 valence electrons. The molecular formula is C32H45N3O5. The zero-order chi connectivity index (χ0) is 28.9. The van der Waals surface area contributed by atoms with E-state index in [4.69, 9.17) is 4.84 Å². The molecule has 0 radical (unpaired) electrons. The summed E-state index contributed by atoms with van der Waals surface area (Å²) in [7, 11) is 0. The van der Waals surface area contributed by atoms with Crippen LogP contribution < -0.4 is 14.6 Å². The van der Waals surface area contributed by atoms with Crippen molar-refractivity contribution in [3.8, 4) is 5.75 Å². The molecule has 40 heavy (non-hydrogen) atoms.